The van der Waals surface area contributed by atoms with Crippen molar-refractivity contribution < 1.29 is 4.74 Å². The van der Waals surface area contributed by atoms with Gasteiger partial charge in [0.05, 0.1) is 17.8 Å². The van der Waals surface area contributed by atoms with Gasteiger partial charge in [0.25, 0.3) is 0 Å². The molecule has 1 aliphatic rings. The molecule has 0 spiro atoms. The molecular weight excluding hydrogens is 416 g/mol. The largest absolute Gasteiger partial charge is 0.385 e. The van der Waals surface area contributed by atoms with Crippen LogP contribution in [0.15, 0.2) is 60.9 Å². The van der Waals surface area contributed by atoms with Crippen molar-refractivity contribution in [2.24, 2.45) is 0 Å². The molecule has 3 heterocycles. The zero-order valence-electron chi connectivity index (χ0n) is 17.1. The van der Waals surface area contributed by atoms with Gasteiger partial charge in [0, 0.05) is 49.1 Å². The Morgan fingerprint density at radius 3 is 2.80 bits per heavy atom. The van der Waals surface area contributed by atoms with Crippen LogP contribution in [0.4, 0.5) is 0 Å². The van der Waals surface area contributed by atoms with E-state index < -0.39 is 0 Å². The molecule has 2 aromatic heterocycles. The van der Waals surface area contributed by atoms with Crippen LogP contribution in [0.25, 0.3) is 5.69 Å². The van der Waals surface area contributed by atoms with Crippen LogP contribution in [0.1, 0.15) is 35.5 Å². The maximum Gasteiger partial charge on any atom is 0.170 e. The van der Waals surface area contributed by atoms with Crippen molar-refractivity contribution in [1.82, 2.24) is 19.8 Å². The van der Waals surface area contributed by atoms with E-state index in [0.29, 0.717) is 6.61 Å². The van der Waals surface area contributed by atoms with Gasteiger partial charge in [0.2, 0.25) is 0 Å². The summed E-state index contributed by atoms with van der Waals surface area (Å²) < 4.78 is 7.48. The maximum atomic E-state index is 6.26. The van der Waals surface area contributed by atoms with E-state index in [9.17, 15) is 0 Å². The SMILES string of the molecule is COCCCN1C(=S)N[C@@H](c2ccccn2)[C@@H]1c1cccn1-c1ccc(Cl)c(C)c1. The first-order chi connectivity index (χ1) is 14.6. The number of aromatic nitrogens is 2. The Kier molecular flexibility index (Phi) is 6.37. The molecule has 1 N–H and O–H groups in total. The van der Waals surface area contributed by atoms with Crippen molar-refractivity contribution in [3.63, 3.8) is 0 Å². The van der Waals surface area contributed by atoms with Gasteiger partial charge in [-0.05, 0) is 73.6 Å². The monoisotopic (exact) mass is 440 g/mol. The first-order valence-electron chi connectivity index (χ1n) is 10.0. The molecule has 156 valence electrons. The molecule has 0 bridgehead atoms. The summed E-state index contributed by atoms with van der Waals surface area (Å²) in [6.45, 7) is 3.52. The number of nitrogens with zero attached hydrogens (tertiary/aromatic N) is 3. The lowest BCUT2D eigenvalue weighted by Crippen LogP contribution is -2.32. The van der Waals surface area contributed by atoms with Gasteiger partial charge in [0.15, 0.2) is 5.11 Å². The summed E-state index contributed by atoms with van der Waals surface area (Å²) in [5, 5.41) is 5.01. The third-order valence-electron chi connectivity index (χ3n) is 5.45. The van der Waals surface area contributed by atoms with Crippen molar-refractivity contribution in [2.75, 3.05) is 20.3 Å². The van der Waals surface area contributed by atoms with Gasteiger partial charge in [0.1, 0.15) is 0 Å². The van der Waals surface area contributed by atoms with E-state index in [-0.39, 0.29) is 12.1 Å². The summed E-state index contributed by atoms with van der Waals surface area (Å²) in [5.74, 6) is 0. The maximum absolute atomic E-state index is 6.26. The van der Waals surface area contributed by atoms with Crippen LogP contribution >= 0.6 is 23.8 Å². The smallest absolute Gasteiger partial charge is 0.170 e. The van der Waals surface area contributed by atoms with Gasteiger partial charge in [-0.25, -0.2) is 0 Å². The minimum absolute atomic E-state index is 0.00948. The Labute approximate surface area is 187 Å². The van der Waals surface area contributed by atoms with Crippen molar-refractivity contribution in [1.29, 1.82) is 0 Å². The summed E-state index contributed by atoms with van der Waals surface area (Å²) in [6.07, 6.45) is 4.80. The summed E-state index contributed by atoms with van der Waals surface area (Å²) in [5.41, 5.74) is 4.25. The van der Waals surface area contributed by atoms with E-state index in [4.69, 9.17) is 28.6 Å². The number of aryl methyl sites for hydroxylation is 1. The highest BCUT2D eigenvalue weighted by Crippen LogP contribution is 2.39. The van der Waals surface area contributed by atoms with Crippen molar-refractivity contribution in [3.05, 3.63) is 82.9 Å². The molecule has 7 heteroatoms. The summed E-state index contributed by atoms with van der Waals surface area (Å²) in [4.78, 5) is 6.87. The minimum Gasteiger partial charge on any atom is -0.385 e. The van der Waals surface area contributed by atoms with Crippen molar-refractivity contribution >= 4 is 28.9 Å². The molecule has 0 saturated carbocycles. The molecule has 5 nitrogen and oxygen atoms in total. The normalized spacial score (nSPS) is 18.6. The number of benzene rings is 1. The fourth-order valence-corrected chi connectivity index (χ4v) is 4.45. The average molecular weight is 441 g/mol. The molecule has 1 aliphatic heterocycles. The number of halogens is 1. The van der Waals surface area contributed by atoms with Gasteiger partial charge >= 0.3 is 0 Å². The van der Waals surface area contributed by atoms with E-state index in [1.807, 2.05) is 43.5 Å². The number of hydrogen-bond acceptors (Lipinski definition) is 3. The van der Waals surface area contributed by atoms with Gasteiger partial charge in [-0.1, -0.05) is 17.7 Å². The number of ether oxygens (including phenoxy) is 1. The summed E-state index contributed by atoms with van der Waals surface area (Å²) in [6, 6.07) is 16.3. The van der Waals surface area contributed by atoms with Crippen LogP contribution in [-0.4, -0.2) is 39.8 Å². The Bertz CT molecular complexity index is 1020. The Morgan fingerprint density at radius 2 is 2.07 bits per heavy atom. The highest BCUT2D eigenvalue weighted by atomic mass is 35.5. The van der Waals surface area contributed by atoms with E-state index in [2.05, 4.69) is 44.2 Å². The molecule has 4 rings (SSSR count). The molecule has 3 aromatic rings. The van der Waals surface area contributed by atoms with E-state index >= 15 is 0 Å². The fourth-order valence-electron chi connectivity index (χ4n) is 4.00. The molecule has 0 radical (unpaired) electrons. The Morgan fingerprint density at radius 1 is 1.20 bits per heavy atom. The first kappa shape index (κ1) is 20.8. The molecular formula is C23H25ClN4OS. The topological polar surface area (TPSA) is 42.3 Å². The molecule has 1 saturated heterocycles. The van der Waals surface area contributed by atoms with Crippen LogP contribution in [0.5, 0.6) is 0 Å². The number of pyridine rings is 1. The Hall–Kier alpha value is -2.41. The van der Waals surface area contributed by atoms with Crippen LogP contribution in [0.2, 0.25) is 5.02 Å². The molecule has 30 heavy (non-hydrogen) atoms. The minimum atomic E-state index is -0.0386. The molecule has 1 fully saturated rings. The fraction of sp³-hybridized carbons (Fsp3) is 0.304. The lowest BCUT2D eigenvalue weighted by molar-refractivity contribution is 0.180. The second-order valence-electron chi connectivity index (χ2n) is 7.40. The number of thiocarbonyl (C=S) groups is 1. The number of nitrogens with one attached hydrogen (secondary N) is 1. The van der Waals surface area contributed by atoms with Gasteiger partial charge in [-0.2, -0.15) is 0 Å². The predicted molar refractivity (Wildman–Crippen MR) is 124 cm³/mol. The van der Waals surface area contributed by atoms with E-state index in [1.165, 1.54) is 0 Å². The van der Waals surface area contributed by atoms with Crippen LogP contribution < -0.4 is 5.32 Å². The van der Waals surface area contributed by atoms with E-state index in [0.717, 1.165) is 45.7 Å². The van der Waals surface area contributed by atoms with Gasteiger partial charge in [-0.3, -0.25) is 4.98 Å². The van der Waals surface area contributed by atoms with Gasteiger partial charge < -0.3 is 19.5 Å². The summed E-state index contributed by atoms with van der Waals surface area (Å²) in [7, 11) is 1.72. The summed E-state index contributed by atoms with van der Waals surface area (Å²) >= 11 is 12.0. The van der Waals surface area contributed by atoms with Crippen molar-refractivity contribution in [2.45, 2.75) is 25.4 Å². The highest BCUT2D eigenvalue weighted by molar-refractivity contribution is 7.80. The molecule has 0 amide bonds. The van der Waals surface area contributed by atoms with Crippen LogP contribution in [0.3, 0.4) is 0 Å². The lowest BCUT2D eigenvalue weighted by Gasteiger charge is -2.29. The molecule has 2 atom stereocenters. The zero-order chi connectivity index (χ0) is 21.1. The molecule has 1 aromatic carbocycles. The van der Waals surface area contributed by atoms with Gasteiger partial charge in [-0.15, -0.1) is 0 Å². The quantitative estimate of drug-likeness (QED) is 0.420. The standard InChI is InChI=1S/C23H25ClN4OS/c1-16-15-17(9-10-18(16)24)27-12-5-8-20(27)22-21(19-7-3-4-11-25-19)26-23(30)28(22)13-6-14-29-2/h3-5,7-12,15,21-22H,6,13-14H2,1-2H3,(H,26,30)/t21-,22-/m0/s1. The molecule has 0 unspecified atom stereocenters. The van der Waals surface area contributed by atoms with Crippen molar-refractivity contribution in [3.8, 4) is 5.69 Å². The number of hydrogen-bond donors (Lipinski definition) is 1. The second kappa shape index (κ2) is 9.16. The third kappa shape index (κ3) is 4.08. The number of rotatable bonds is 7. The van der Waals surface area contributed by atoms with Crippen LogP contribution in [-0.2, 0) is 4.74 Å². The Balaban J connectivity index is 1.76. The first-order valence-corrected chi connectivity index (χ1v) is 10.8. The average Bonchev–Trinajstić information content (AvgIpc) is 3.35. The van der Waals surface area contributed by atoms with Crippen LogP contribution in [0, 0.1) is 6.92 Å². The third-order valence-corrected chi connectivity index (χ3v) is 6.22. The van der Waals surface area contributed by atoms with E-state index in [1.54, 1.807) is 7.11 Å². The predicted octanol–water partition coefficient (Wildman–Crippen LogP) is 4.84. The second-order valence-corrected chi connectivity index (χ2v) is 8.20. The molecule has 0 aliphatic carbocycles. The highest BCUT2D eigenvalue weighted by Gasteiger charge is 2.40. The zero-order valence-corrected chi connectivity index (χ0v) is 18.7. The lowest BCUT2D eigenvalue weighted by atomic mass is 10.0. The number of methoxy groups -OCH3 is 1.